The molecular weight excluding hydrogens is 607 g/mol. The van der Waals surface area contributed by atoms with E-state index in [2.05, 4.69) is 19.0 Å². The number of anilines is 1. The van der Waals surface area contributed by atoms with Gasteiger partial charge in [-0.1, -0.05) is 23.7 Å². The van der Waals surface area contributed by atoms with E-state index >= 15 is 0 Å². The molecule has 1 aromatic heterocycles. The van der Waals surface area contributed by atoms with Gasteiger partial charge in [-0.25, -0.2) is 27.0 Å². The molecule has 40 heavy (non-hydrogen) atoms. The Balaban J connectivity index is 0.000000559. The summed E-state index contributed by atoms with van der Waals surface area (Å²) >= 11 is 6.78. The van der Waals surface area contributed by atoms with E-state index in [1.807, 2.05) is 31.3 Å². The van der Waals surface area contributed by atoms with Crippen molar-refractivity contribution in [1.29, 1.82) is 0 Å². The number of carboxylic acids is 1. The van der Waals surface area contributed by atoms with Crippen molar-refractivity contribution >= 4 is 44.3 Å². The molecule has 2 aromatic carbocycles. The van der Waals surface area contributed by atoms with Crippen molar-refractivity contribution in [1.82, 2.24) is 14.3 Å². The molecule has 3 aromatic rings. The summed E-state index contributed by atoms with van der Waals surface area (Å²) in [5.74, 6) is -5.00. The first-order valence-corrected chi connectivity index (χ1v) is 14.0. The van der Waals surface area contributed by atoms with Crippen molar-refractivity contribution in [3.05, 3.63) is 64.9 Å². The minimum atomic E-state index is -5.08. The molecule has 1 aliphatic heterocycles. The number of hydrogen-bond acceptors (Lipinski definition) is 8. The second-order valence-corrected chi connectivity index (χ2v) is 11.5. The van der Waals surface area contributed by atoms with Gasteiger partial charge in [0.05, 0.1) is 6.61 Å². The minimum Gasteiger partial charge on any atom is -0.490 e. The van der Waals surface area contributed by atoms with Gasteiger partial charge < -0.3 is 14.7 Å². The lowest BCUT2D eigenvalue weighted by molar-refractivity contribution is -0.192. The average Bonchev–Trinajstić information content (AvgIpc) is 3.37. The van der Waals surface area contributed by atoms with Gasteiger partial charge in [0.2, 0.25) is 5.13 Å². The molecule has 0 radical (unpaired) electrons. The normalized spacial score (nSPS) is 18.0. The molecule has 2 N–H and O–H groups in total. The van der Waals surface area contributed by atoms with Crippen LogP contribution in [0.3, 0.4) is 0 Å². The fraction of sp³-hybridized carbons (Fsp3) is 0.348. The van der Waals surface area contributed by atoms with Crippen LogP contribution in [0.15, 0.2) is 47.6 Å². The van der Waals surface area contributed by atoms with E-state index in [4.69, 9.17) is 26.2 Å². The fourth-order valence-electron chi connectivity index (χ4n) is 3.94. The first-order valence-electron chi connectivity index (χ1n) is 11.3. The van der Waals surface area contributed by atoms with Gasteiger partial charge in [-0.3, -0.25) is 4.72 Å². The minimum absolute atomic E-state index is 0.0230. The Morgan fingerprint density at radius 1 is 1.23 bits per heavy atom. The molecule has 2 heterocycles. The average molecular weight is 629 g/mol. The molecule has 1 saturated heterocycles. The maximum atomic E-state index is 14.7. The lowest BCUT2D eigenvalue weighted by Crippen LogP contribution is -2.39. The van der Waals surface area contributed by atoms with E-state index < -0.39 is 38.7 Å². The highest BCUT2D eigenvalue weighted by Crippen LogP contribution is 2.34. The Bertz CT molecular complexity index is 1410. The van der Waals surface area contributed by atoms with Crippen LogP contribution in [0.5, 0.6) is 5.75 Å². The van der Waals surface area contributed by atoms with Crippen molar-refractivity contribution < 1.29 is 45.0 Å². The van der Waals surface area contributed by atoms with Gasteiger partial charge in [0.15, 0.2) is 11.6 Å². The van der Waals surface area contributed by atoms with E-state index in [1.54, 1.807) is 0 Å². The van der Waals surface area contributed by atoms with E-state index in [0.717, 1.165) is 49.0 Å². The third-order valence-electron chi connectivity index (χ3n) is 5.79. The smallest absolute Gasteiger partial charge is 0.490 e. The first-order chi connectivity index (χ1) is 18.7. The van der Waals surface area contributed by atoms with Crippen molar-refractivity contribution in [3.8, 4) is 5.75 Å². The lowest BCUT2D eigenvalue weighted by Gasteiger charge is -2.37. The van der Waals surface area contributed by atoms with Crippen molar-refractivity contribution in [2.45, 2.75) is 23.4 Å². The van der Waals surface area contributed by atoms with Crippen LogP contribution in [0.25, 0.3) is 0 Å². The number of nitrogens with one attached hydrogen (secondary N) is 1. The van der Waals surface area contributed by atoms with Crippen LogP contribution in [0.4, 0.5) is 27.1 Å². The lowest BCUT2D eigenvalue weighted by atomic mass is 9.81. The number of ether oxygens (including phenoxy) is 1. The van der Waals surface area contributed by atoms with E-state index in [0.29, 0.717) is 11.1 Å². The number of nitrogens with zero attached hydrogens (tertiary/aromatic N) is 3. The second kappa shape index (κ2) is 13.1. The molecule has 4 rings (SSSR count). The summed E-state index contributed by atoms with van der Waals surface area (Å²) in [5, 5.41) is 7.72. The van der Waals surface area contributed by atoms with Crippen LogP contribution in [0.1, 0.15) is 17.9 Å². The van der Waals surface area contributed by atoms with Gasteiger partial charge in [-0.05, 0) is 43.6 Å². The molecule has 0 aliphatic carbocycles. The number of hydrogen-bond donors (Lipinski definition) is 2. The summed E-state index contributed by atoms with van der Waals surface area (Å²) in [6.07, 6.45) is -3.05. The van der Waals surface area contributed by atoms with Crippen LogP contribution < -0.4 is 9.46 Å². The fourth-order valence-corrected chi connectivity index (χ4v) is 5.80. The molecular formula is C23H22ClF5N4O5S2. The third kappa shape index (κ3) is 8.46. The number of alkyl halides is 3. The number of aromatic nitrogens is 2. The van der Waals surface area contributed by atoms with Gasteiger partial charge in [-0.2, -0.15) is 17.5 Å². The summed E-state index contributed by atoms with van der Waals surface area (Å²) in [6, 6.07) is 8.96. The van der Waals surface area contributed by atoms with Crippen molar-refractivity contribution in [3.63, 3.8) is 0 Å². The molecule has 0 saturated carbocycles. The number of likely N-dealkylation sites (tertiary alicyclic amines) is 1. The van der Waals surface area contributed by atoms with Crippen LogP contribution >= 0.6 is 23.1 Å². The predicted molar refractivity (Wildman–Crippen MR) is 136 cm³/mol. The molecule has 1 fully saturated rings. The topological polar surface area (TPSA) is 122 Å². The van der Waals surface area contributed by atoms with Gasteiger partial charge in [-0.15, -0.1) is 0 Å². The Hall–Kier alpha value is -3.08. The van der Waals surface area contributed by atoms with E-state index in [9.17, 15) is 30.4 Å². The highest BCUT2D eigenvalue weighted by molar-refractivity contribution is 7.93. The van der Waals surface area contributed by atoms with Crippen LogP contribution in [0.2, 0.25) is 5.02 Å². The number of piperidine rings is 1. The summed E-state index contributed by atoms with van der Waals surface area (Å²) in [7, 11) is -2.38. The van der Waals surface area contributed by atoms with Gasteiger partial charge >= 0.3 is 12.1 Å². The number of aliphatic carboxylic acids is 1. The zero-order valence-corrected chi connectivity index (χ0v) is 22.9. The monoisotopic (exact) mass is 628 g/mol. The van der Waals surface area contributed by atoms with Gasteiger partial charge in [0.25, 0.3) is 10.0 Å². The molecule has 17 heteroatoms. The predicted octanol–water partition coefficient (Wildman–Crippen LogP) is 5.02. The van der Waals surface area contributed by atoms with Crippen LogP contribution in [-0.4, -0.2) is 66.7 Å². The zero-order chi connectivity index (χ0) is 29.7. The Morgan fingerprint density at radius 3 is 2.45 bits per heavy atom. The number of sulfonamides is 1. The Labute approximate surface area is 234 Å². The summed E-state index contributed by atoms with van der Waals surface area (Å²) in [6.45, 7) is 1.76. The van der Waals surface area contributed by atoms with Crippen LogP contribution in [-0.2, 0) is 14.8 Å². The quantitative estimate of drug-likeness (QED) is 0.350. The Kier molecular flexibility index (Phi) is 10.3. The molecule has 0 amide bonds. The highest BCUT2D eigenvalue weighted by Gasteiger charge is 2.38. The Morgan fingerprint density at radius 2 is 1.88 bits per heavy atom. The van der Waals surface area contributed by atoms with Crippen molar-refractivity contribution in [2.24, 2.45) is 5.92 Å². The zero-order valence-electron chi connectivity index (χ0n) is 20.5. The largest absolute Gasteiger partial charge is 0.490 e. The molecule has 0 bridgehead atoms. The van der Waals surface area contributed by atoms with E-state index in [1.165, 1.54) is 0 Å². The molecule has 2 atom stereocenters. The second-order valence-electron chi connectivity index (χ2n) is 8.65. The SMILES string of the molecule is CN1CC[C@H](c2ccc(Cl)cc2)[C@@H](COc2cc(F)c(S(=O)(=O)Nc3ncns3)cc2F)C1.O=C(O)C(F)(F)F. The van der Waals surface area contributed by atoms with E-state index in [-0.39, 0.29) is 29.3 Å². The number of carbonyl (C=O) groups is 1. The highest BCUT2D eigenvalue weighted by atomic mass is 35.5. The van der Waals surface area contributed by atoms with Crippen LogP contribution in [0, 0.1) is 17.6 Å². The standard InChI is InChI=1S/C21H21ClF2N4O3S2.C2HF3O2/c1-28-7-6-16(13-2-4-15(22)5-3-13)14(10-28)11-31-19-8-18(24)20(9-17(19)23)33(29,30)27-21-25-12-26-32-21;3-2(4,5)1(6)7/h2-5,8-9,12,14,16H,6-7,10-11H2,1H3,(H,25,26,27);(H,6,7)/t14-,16-;/m1./s1. The molecule has 1 aliphatic rings. The maximum Gasteiger partial charge on any atom is 0.490 e. The molecule has 0 spiro atoms. The molecule has 0 unspecified atom stereocenters. The summed E-state index contributed by atoms with van der Waals surface area (Å²) in [5.41, 5.74) is 1.11. The molecule has 218 valence electrons. The number of benzene rings is 2. The molecule has 9 nitrogen and oxygen atoms in total. The summed E-state index contributed by atoms with van der Waals surface area (Å²) in [4.78, 5) is 13.9. The van der Waals surface area contributed by atoms with Gasteiger partial charge in [0, 0.05) is 41.2 Å². The number of rotatable bonds is 7. The van der Waals surface area contributed by atoms with Gasteiger partial charge in [0.1, 0.15) is 17.0 Å². The van der Waals surface area contributed by atoms with Crippen molar-refractivity contribution in [2.75, 3.05) is 31.5 Å². The maximum absolute atomic E-state index is 14.7. The third-order valence-corrected chi connectivity index (χ3v) is 8.10. The number of halogens is 6. The first kappa shape index (κ1) is 31.4. The summed E-state index contributed by atoms with van der Waals surface area (Å²) < 4.78 is 97.3. The number of carboxylic acid groups (broad SMARTS) is 1.